The molecule has 0 aliphatic carbocycles. The van der Waals surface area contributed by atoms with Crippen LogP contribution < -0.4 is 5.32 Å². The van der Waals surface area contributed by atoms with Crippen molar-refractivity contribution in [2.75, 3.05) is 40.9 Å². The lowest BCUT2D eigenvalue weighted by atomic mass is 10.0. The predicted octanol–water partition coefficient (Wildman–Crippen LogP) is 13.0. The first-order valence-corrected chi connectivity index (χ1v) is 24.9. The van der Waals surface area contributed by atoms with Gasteiger partial charge in [0.1, 0.15) is 13.2 Å². The number of carbonyl (C=O) groups is 1. The zero-order valence-corrected chi connectivity index (χ0v) is 37.6. The van der Waals surface area contributed by atoms with Gasteiger partial charge < -0.3 is 19.8 Å². The van der Waals surface area contributed by atoms with Crippen LogP contribution in [0.25, 0.3) is 0 Å². The fourth-order valence-corrected chi connectivity index (χ4v) is 7.84. The summed E-state index contributed by atoms with van der Waals surface area (Å²) in [5.74, 6) is -0.146. The van der Waals surface area contributed by atoms with E-state index in [2.05, 4.69) is 19.2 Å². The lowest BCUT2D eigenvalue weighted by Gasteiger charge is -2.26. The van der Waals surface area contributed by atoms with Crippen LogP contribution in [0.4, 0.5) is 0 Å². The highest BCUT2D eigenvalue weighted by Gasteiger charge is 2.28. The Labute approximate surface area is 336 Å². The van der Waals surface area contributed by atoms with Crippen molar-refractivity contribution >= 4 is 13.7 Å². The second-order valence-electron chi connectivity index (χ2n) is 17.5. The fourth-order valence-electron chi connectivity index (χ4n) is 7.11. The van der Waals surface area contributed by atoms with Crippen LogP contribution in [-0.2, 0) is 18.4 Å². The lowest BCUT2D eigenvalue weighted by Crippen LogP contribution is -2.46. The van der Waals surface area contributed by atoms with E-state index in [0.29, 0.717) is 23.9 Å². The topological polar surface area (TPSA) is 105 Å². The summed E-state index contributed by atoms with van der Waals surface area (Å²) in [6.45, 7) is 4.82. The van der Waals surface area contributed by atoms with Gasteiger partial charge in [0.2, 0.25) is 5.91 Å². The first-order chi connectivity index (χ1) is 26.0. The molecule has 0 aliphatic heterocycles. The number of carbonyl (C=O) groups excluding carboxylic acids is 1. The molecular formula is C45H94N2O6P+. The van der Waals surface area contributed by atoms with Gasteiger partial charge in [0.25, 0.3) is 0 Å². The van der Waals surface area contributed by atoms with E-state index in [1.807, 2.05) is 21.1 Å². The number of quaternary nitrogens is 1. The van der Waals surface area contributed by atoms with Crippen molar-refractivity contribution in [3.05, 3.63) is 0 Å². The normalized spacial score (nSPS) is 14.3. The van der Waals surface area contributed by atoms with Crippen molar-refractivity contribution in [2.24, 2.45) is 0 Å². The van der Waals surface area contributed by atoms with Gasteiger partial charge in [0.05, 0.1) is 39.9 Å². The van der Waals surface area contributed by atoms with Gasteiger partial charge in [-0.2, -0.15) is 0 Å². The highest BCUT2D eigenvalue weighted by Crippen LogP contribution is 2.43. The molecule has 0 heterocycles. The highest BCUT2D eigenvalue weighted by atomic mass is 31.2. The minimum atomic E-state index is -4.29. The Morgan fingerprint density at radius 3 is 1.24 bits per heavy atom. The molecule has 3 N–H and O–H groups in total. The molecule has 0 rings (SSSR count). The van der Waals surface area contributed by atoms with Crippen LogP contribution in [0.1, 0.15) is 232 Å². The summed E-state index contributed by atoms with van der Waals surface area (Å²) in [5.41, 5.74) is 0. The molecule has 0 saturated carbocycles. The molecule has 0 fully saturated rings. The van der Waals surface area contributed by atoms with Crippen molar-refractivity contribution in [3.63, 3.8) is 0 Å². The number of phosphoric ester groups is 1. The monoisotopic (exact) mass is 790 g/mol. The molecule has 1 amide bonds. The third-order valence-corrected chi connectivity index (χ3v) is 11.8. The molecule has 0 bridgehead atoms. The molecule has 0 aliphatic rings. The third kappa shape index (κ3) is 39.7. The number of hydrogen-bond acceptors (Lipinski definition) is 5. The maximum Gasteiger partial charge on any atom is 0.472 e. The van der Waals surface area contributed by atoms with Crippen molar-refractivity contribution in [2.45, 2.75) is 244 Å². The van der Waals surface area contributed by atoms with E-state index in [4.69, 9.17) is 9.05 Å². The average Bonchev–Trinajstić information content (AvgIpc) is 3.12. The van der Waals surface area contributed by atoms with Crippen molar-refractivity contribution in [3.8, 4) is 0 Å². The molecule has 324 valence electrons. The summed E-state index contributed by atoms with van der Waals surface area (Å²) in [5, 5.41) is 13.7. The number of nitrogens with one attached hydrogen (secondary N) is 1. The molecule has 0 aromatic carbocycles. The van der Waals surface area contributed by atoms with Gasteiger partial charge in [-0.3, -0.25) is 13.8 Å². The molecule has 0 aromatic rings. The number of amides is 1. The Morgan fingerprint density at radius 2 is 0.889 bits per heavy atom. The van der Waals surface area contributed by atoms with E-state index in [9.17, 15) is 19.4 Å². The first kappa shape index (κ1) is 53.5. The Hall–Kier alpha value is -0.500. The molecule has 0 spiro atoms. The quantitative estimate of drug-likeness (QED) is 0.0323. The minimum absolute atomic E-state index is 0.0773. The maximum absolute atomic E-state index is 12.8. The highest BCUT2D eigenvalue weighted by molar-refractivity contribution is 7.47. The Morgan fingerprint density at radius 1 is 0.556 bits per heavy atom. The first-order valence-electron chi connectivity index (χ1n) is 23.4. The smallest absolute Gasteiger partial charge is 0.391 e. The second-order valence-corrected chi connectivity index (χ2v) is 19.0. The summed E-state index contributed by atoms with van der Waals surface area (Å²) in [6, 6.07) is -0.750. The molecule has 0 aromatic heterocycles. The number of aliphatic hydroxyl groups is 1. The van der Waals surface area contributed by atoms with Crippen LogP contribution in [0.2, 0.25) is 0 Å². The van der Waals surface area contributed by atoms with E-state index in [0.717, 1.165) is 51.4 Å². The zero-order valence-electron chi connectivity index (χ0n) is 36.7. The molecule has 9 heteroatoms. The fraction of sp³-hybridized carbons (Fsp3) is 0.978. The number of phosphoric acid groups is 1. The lowest BCUT2D eigenvalue weighted by molar-refractivity contribution is -0.870. The molecule has 0 radical (unpaired) electrons. The Bertz CT molecular complexity index is 855. The van der Waals surface area contributed by atoms with E-state index in [1.165, 1.54) is 154 Å². The molecule has 3 atom stereocenters. The van der Waals surface area contributed by atoms with E-state index >= 15 is 0 Å². The van der Waals surface area contributed by atoms with Crippen LogP contribution in [0, 0.1) is 0 Å². The van der Waals surface area contributed by atoms with E-state index in [1.54, 1.807) is 0 Å². The van der Waals surface area contributed by atoms with Crippen LogP contribution in [0.15, 0.2) is 0 Å². The number of aliphatic hydroxyl groups excluding tert-OH is 1. The summed E-state index contributed by atoms with van der Waals surface area (Å²) >= 11 is 0. The number of nitrogens with zero attached hydrogens (tertiary/aromatic N) is 1. The van der Waals surface area contributed by atoms with Crippen molar-refractivity contribution in [1.82, 2.24) is 5.32 Å². The molecule has 54 heavy (non-hydrogen) atoms. The van der Waals surface area contributed by atoms with E-state index < -0.39 is 20.0 Å². The SMILES string of the molecule is CCCCCCCCCCCCCCCCCCCCCCCCCCCCCC(=O)NC(COP(=O)(O)OCC[N+](C)(C)C)C(O)CCCCCCC. The van der Waals surface area contributed by atoms with Gasteiger partial charge in [-0.25, -0.2) is 4.57 Å². The Balaban J connectivity index is 3.85. The van der Waals surface area contributed by atoms with Crippen LogP contribution in [-0.4, -0.2) is 73.4 Å². The molecule has 3 unspecified atom stereocenters. The molecule has 0 saturated heterocycles. The predicted molar refractivity (Wildman–Crippen MR) is 231 cm³/mol. The van der Waals surface area contributed by atoms with Crippen molar-refractivity contribution in [1.29, 1.82) is 0 Å². The van der Waals surface area contributed by atoms with Crippen LogP contribution in [0.3, 0.4) is 0 Å². The average molecular weight is 790 g/mol. The third-order valence-electron chi connectivity index (χ3n) is 10.9. The number of unbranched alkanes of at least 4 members (excludes halogenated alkanes) is 30. The van der Waals surface area contributed by atoms with Gasteiger partial charge in [-0.1, -0.05) is 213 Å². The van der Waals surface area contributed by atoms with Crippen LogP contribution >= 0.6 is 7.82 Å². The number of rotatable bonds is 43. The number of hydrogen-bond donors (Lipinski definition) is 3. The Kier molecular flexibility index (Phi) is 37.7. The standard InChI is InChI=1S/C45H93N2O6P/c1-6-8-10-12-13-14-15-16-17-18-19-20-21-22-23-24-25-26-27-28-29-30-31-32-33-35-37-39-45(49)46-43(44(48)38-36-34-11-9-7-2)42-53-54(50,51)52-41-40-47(3,4)5/h43-44,48H,6-42H2,1-5H3,(H-,46,49,50,51)/p+1. The summed E-state index contributed by atoms with van der Waals surface area (Å²) in [7, 11) is 1.62. The number of likely N-dealkylation sites (N-methyl/N-ethyl adjacent to an activating group) is 1. The van der Waals surface area contributed by atoms with Gasteiger partial charge in [-0.15, -0.1) is 0 Å². The van der Waals surface area contributed by atoms with Gasteiger partial charge >= 0.3 is 7.82 Å². The summed E-state index contributed by atoms with van der Waals surface area (Å²) in [4.78, 5) is 23.0. The summed E-state index contributed by atoms with van der Waals surface area (Å²) < 4.78 is 23.4. The zero-order chi connectivity index (χ0) is 40.0. The van der Waals surface area contributed by atoms with Crippen molar-refractivity contribution < 1.29 is 32.9 Å². The van der Waals surface area contributed by atoms with Gasteiger partial charge in [0, 0.05) is 6.42 Å². The van der Waals surface area contributed by atoms with Gasteiger partial charge in [0.15, 0.2) is 0 Å². The maximum atomic E-state index is 12.8. The largest absolute Gasteiger partial charge is 0.472 e. The molecule has 8 nitrogen and oxygen atoms in total. The van der Waals surface area contributed by atoms with E-state index in [-0.39, 0.29) is 19.1 Å². The molecular weight excluding hydrogens is 695 g/mol. The minimum Gasteiger partial charge on any atom is -0.391 e. The van der Waals surface area contributed by atoms with Crippen LogP contribution in [0.5, 0.6) is 0 Å². The summed E-state index contributed by atoms with van der Waals surface area (Å²) in [6.07, 6.45) is 42.0. The second kappa shape index (κ2) is 38.0. The van der Waals surface area contributed by atoms with Gasteiger partial charge in [-0.05, 0) is 12.8 Å².